The van der Waals surface area contributed by atoms with Gasteiger partial charge < -0.3 is 0 Å². The third-order valence-electron chi connectivity index (χ3n) is 3.59. The summed E-state index contributed by atoms with van der Waals surface area (Å²) in [6.45, 7) is 5.61. The van der Waals surface area contributed by atoms with Crippen LogP contribution in [0.4, 0.5) is 0 Å². The standard InChI is InChI=1S/C16H31ClO.C3H5Cl/c1-2-3-4-5-6-7-8-9-10-11-12-13-14-15-16(17)18;1-2-3-4/h2-15H2,1H3;2H,1,3H2. The van der Waals surface area contributed by atoms with Gasteiger partial charge in [0.1, 0.15) is 0 Å². The van der Waals surface area contributed by atoms with E-state index in [1.807, 2.05) is 0 Å². The number of allylic oxidation sites excluding steroid dienone is 1. The molecule has 22 heavy (non-hydrogen) atoms. The van der Waals surface area contributed by atoms with Gasteiger partial charge in [-0.05, 0) is 18.0 Å². The monoisotopic (exact) mass is 350 g/mol. The van der Waals surface area contributed by atoms with Gasteiger partial charge in [-0.3, -0.25) is 4.79 Å². The van der Waals surface area contributed by atoms with Crippen molar-refractivity contribution in [3.8, 4) is 0 Å². The minimum Gasteiger partial charge on any atom is -0.281 e. The average Bonchev–Trinajstić information content (AvgIpc) is 2.52. The van der Waals surface area contributed by atoms with Crippen LogP contribution in [-0.2, 0) is 4.79 Å². The fourth-order valence-corrected chi connectivity index (χ4v) is 2.42. The summed E-state index contributed by atoms with van der Waals surface area (Å²) in [6, 6.07) is 0. The van der Waals surface area contributed by atoms with E-state index in [1.54, 1.807) is 6.08 Å². The maximum Gasteiger partial charge on any atom is 0.221 e. The SMILES string of the molecule is C=CCCl.CCCCCCCCCCCCCCCC(=O)Cl. The van der Waals surface area contributed by atoms with Gasteiger partial charge in [-0.2, -0.15) is 0 Å². The van der Waals surface area contributed by atoms with Gasteiger partial charge in [0, 0.05) is 12.3 Å². The summed E-state index contributed by atoms with van der Waals surface area (Å²) >= 11 is 10.3. The Kier molecular flexibility index (Phi) is 25.6. The van der Waals surface area contributed by atoms with Crippen molar-refractivity contribution in [1.29, 1.82) is 0 Å². The molecule has 0 aromatic carbocycles. The van der Waals surface area contributed by atoms with E-state index >= 15 is 0 Å². The normalized spacial score (nSPS) is 9.95. The number of alkyl halides is 1. The zero-order valence-corrected chi connectivity index (χ0v) is 16.1. The van der Waals surface area contributed by atoms with Crippen LogP contribution < -0.4 is 0 Å². The van der Waals surface area contributed by atoms with Crippen molar-refractivity contribution in [2.75, 3.05) is 5.88 Å². The summed E-state index contributed by atoms with van der Waals surface area (Å²) in [4.78, 5) is 10.5. The van der Waals surface area contributed by atoms with Crippen LogP contribution in [0.25, 0.3) is 0 Å². The lowest BCUT2D eigenvalue weighted by atomic mass is 10.0. The van der Waals surface area contributed by atoms with Gasteiger partial charge in [0.25, 0.3) is 0 Å². The molecule has 3 heteroatoms. The van der Waals surface area contributed by atoms with Crippen molar-refractivity contribution in [2.24, 2.45) is 0 Å². The van der Waals surface area contributed by atoms with E-state index in [9.17, 15) is 4.79 Å². The van der Waals surface area contributed by atoms with Crippen LogP contribution in [-0.4, -0.2) is 11.1 Å². The van der Waals surface area contributed by atoms with E-state index in [0.29, 0.717) is 12.3 Å². The highest BCUT2D eigenvalue weighted by Crippen LogP contribution is 2.13. The molecular formula is C19H36Cl2O. The van der Waals surface area contributed by atoms with Crippen LogP contribution in [0.15, 0.2) is 12.7 Å². The molecule has 0 aliphatic rings. The van der Waals surface area contributed by atoms with Crippen LogP contribution in [0.3, 0.4) is 0 Å². The predicted molar refractivity (Wildman–Crippen MR) is 102 cm³/mol. The van der Waals surface area contributed by atoms with Crippen molar-refractivity contribution >= 4 is 28.4 Å². The first kappa shape index (κ1) is 24.2. The van der Waals surface area contributed by atoms with Gasteiger partial charge in [-0.1, -0.05) is 90.0 Å². The first-order valence-corrected chi connectivity index (χ1v) is 9.95. The summed E-state index contributed by atoms with van der Waals surface area (Å²) in [5.41, 5.74) is 0. The minimum atomic E-state index is -0.182. The molecule has 132 valence electrons. The first-order chi connectivity index (χ1) is 10.7. The molecule has 0 N–H and O–H groups in total. The van der Waals surface area contributed by atoms with E-state index < -0.39 is 0 Å². The predicted octanol–water partition coefficient (Wildman–Crippen LogP) is 7.64. The highest BCUT2D eigenvalue weighted by Gasteiger charge is 1.96. The minimum absolute atomic E-state index is 0.182. The molecule has 0 fully saturated rings. The Hall–Kier alpha value is -0.0100. The molecule has 0 atom stereocenters. The second kappa shape index (κ2) is 23.3. The van der Waals surface area contributed by atoms with Crippen molar-refractivity contribution in [2.45, 2.75) is 96.8 Å². The van der Waals surface area contributed by atoms with Crippen LogP contribution >= 0.6 is 23.2 Å². The Bertz CT molecular complexity index is 229. The van der Waals surface area contributed by atoms with Gasteiger partial charge in [0.15, 0.2) is 0 Å². The van der Waals surface area contributed by atoms with Gasteiger partial charge in [-0.25, -0.2) is 0 Å². The Labute approximate surface area is 148 Å². The Morgan fingerprint density at radius 3 is 1.41 bits per heavy atom. The lowest BCUT2D eigenvalue weighted by Gasteiger charge is -2.02. The summed E-state index contributed by atoms with van der Waals surface area (Å²) in [6.07, 6.45) is 19.5. The third-order valence-corrected chi connectivity index (χ3v) is 3.99. The molecule has 0 aromatic heterocycles. The zero-order chi connectivity index (χ0) is 16.9. The van der Waals surface area contributed by atoms with Gasteiger partial charge in [0.05, 0.1) is 0 Å². The number of halogens is 2. The number of hydrogen-bond donors (Lipinski definition) is 0. The molecule has 0 radical (unpaired) electrons. The zero-order valence-electron chi connectivity index (χ0n) is 14.6. The molecule has 0 unspecified atom stereocenters. The Morgan fingerprint density at radius 1 is 0.818 bits per heavy atom. The lowest BCUT2D eigenvalue weighted by Crippen LogP contribution is -1.86. The number of unbranched alkanes of at least 4 members (excludes halogenated alkanes) is 12. The number of hydrogen-bond acceptors (Lipinski definition) is 1. The molecule has 0 saturated carbocycles. The second-order valence-corrected chi connectivity index (χ2v) is 6.52. The number of rotatable bonds is 15. The quantitative estimate of drug-likeness (QED) is 0.128. The Morgan fingerprint density at radius 2 is 1.14 bits per heavy atom. The van der Waals surface area contributed by atoms with Crippen molar-refractivity contribution in [1.82, 2.24) is 0 Å². The van der Waals surface area contributed by atoms with E-state index in [4.69, 9.17) is 23.2 Å². The fraction of sp³-hybridized carbons (Fsp3) is 0.842. The lowest BCUT2D eigenvalue weighted by molar-refractivity contribution is -0.111. The van der Waals surface area contributed by atoms with Crippen molar-refractivity contribution in [3.63, 3.8) is 0 Å². The molecule has 0 aromatic rings. The maximum atomic E-state index is 10.5. The molecule has 0 aliphatic heterocycles. The largest absolute Gasteiger partial charge is 0.281 e. The van der Waals surface area contributed by atoms with E-state index in [2.05, 4.69) is 13.5 Å². The van der Waals surface area contributed by atoms with Gasteiger partial charge in [-0.15, -0.1) is 18.2 Å². The van der Waals surface area contributed by atoms with E-state index in [-0.39, 0.29) is 5.24 Å². The van der Waals surface area contributed by atoms with Gasteiger partial charge in [0.2, 0.25) is 5.24 Å². The highest BCUT2D eigenvalue weighted by atomic mass is 35.5. The van der Waals surface area contributed by atoms with Crippen molar-refractivity contribution < 1.29 is 4.79 Å². The van der Waals surface area contributed by atoms with Crippen LogP contribution in [0.2, 0.25) is 0 Å². The van der Waals surface area contributed by atoms with E-state index in [0.717, 1.165) is 12.8 Å². The molecule has 0 rings (SSSR count). The maximum absolute atomic E-state index is 10.5. The molecule has 0 saturated heterocycles. The molecule has 0 amide bonds. The summed E-state index contributed by atoms with van der Waals surface area (Å²) < 4.78 is 0. The third kappa shape index (κ3) is 28.2. The summed E-state index contributed by atoms with van der Waals surface area (Å²) in [5, 5.41) is -0.182. The molecule has 0 heterocycles. The smallest absolute Gasteiger partial charge is 0.221 e. The van der Waals surface area contributed by atoms with E-state index in [1.165, 1.54) is 70.6 Å². The average molecular weight is 351 g/mol. The summed E-state index contributed by atoms with van der Waals surface area (Å²) in [7, 11) is 0. The van der Waals surface area contributed by atoms with Crippen LogP contribution in [0.1, 0.15) is 96.8 Å². The fourth-order valence-electron chi connectivity index (χ4n) is 2.28. The number of carbonyl (C=O) groups is 1. The number of carbonyl (C=O) groups excluding carboxylic acids is 1. The molecule has 0 spiro atoms. The van der Waals surface area contributed by atoms with Crippen LogP contribution in [0, 0.1) is 0 Å². The molecule has 0 aliphatic carbocycles. The summed E-state index contributed by atoms with van der Waals surface area (Å²) in [5.74, 6) is 0.556. The van der Waals surface area contributed by atoms with Crippen LogP contribution in [0.5, 0.6) is 0 Å². The van der Waals surface area contributed by atoms with Crippen molar-refractivity contribution in [3.05, 3.63) is 12.7 Å². The molecule has 1 nitrogen and oxygen atoms in total. The molecule has 0 bridgehead atoms. The highest BCUT2D eigenvalue weighted by molar-refractivity contribution is 6.63. The molecular weight excluding hydrogens is 315 g/mol. The first-order valence-electron chi connectivity index (χ1n) is 9.04. The van der Waals surface area contributed by atoms with Gasteiger partial charge >= 0.3 is 0 Å². The topological polar surface area (TPSA) is 17.1 Å². The Balaban J connectivity index is 0. The second-order valence-electron chi connectivity index (χ2n) is 5.79.